The van der Waals surface area contributed by atoms with Crippen LogP contribution in [0.25, 0.3) is 0 Å². The molecule has 0 aliphatic carbocycles. The summed E-state index contributed by atoms with van der Waals surface area (Å²) in [5.74, 6) is -0.0933. The van der Waals surface area contributed by atoms with E-state index >= 15 is 0 Å². The molecule has 0 unspecified atom stereocenters. The fourth-order valence-electron chi connectivity index (χ4n) is 1.40. The van der Waals surface area contributed by atoms with Crippen molar-refractivity contribution in [2.24, 2.45) is 0 Å². The molecule has 0 N–H and O–H groups in total. The van der Waals surface area contributed by atoms with E-state index in [1.54, 1.807) is 11.9 Å². The quantitative estimate of drug-likeness (QED) is 0.753. The molecule has 1 aromatic carbocycles. The van der Waals surface area contributed by atoms with Gasteiger partial charge < -0.3 is 9.64 Å². The average Bonchev–Trinajstić information content (AvgIpc) is 2.35. The van der Waals surface area contributed by atoms with Crippen LogP contribution in [0.2, 0.25) is 0 Å². The maximum Gasteiger partial charge on any atom is 0.387 e. The van der Waals surface area contributed by atoms with E-state index in [9.17, 15) is 13.6 Å². The predicted octanol–water partition coefficient (Wildman–Crippen LogP) is 3.15. The highest BCUT2D eigenvalue weighted by Crippen LogP contribution is 2.15. The number of ether oxygens (including phenoxy) is 1. The van der Waals surface area contributed by atoms with E-state index in [-0.39, 0.29) is 11.7 Å². The number of nitrogens with zero attached hydrogens (tertiary/aromatic N) is 1. The van der Waals surface area contributed by atoms with Gasteiger partial charge in [0.15, 0.2) is 0 Å². The Morgan fingerprint density at radius 1 is 1.39 bits per heavy atom. The van der Waals surface area contributed by atoms with Crippen molar-refractivity contribution >= 4 is 21.8 Å². The highest BCUT2D eigenvalue weighted by atomic mass is 79.9. The van der Waals surface area contributed by atoms with E-state index < -0.39 is 6.61 Å². The van der Waals surface area contributed by atoms with Crippen LogP contribution in [0.1, 0.15) is 16.8 Å². The minimum Gasteiger partial charge on any atom is -0.435 e. The van der Waals surface area contributed by atoms with Crippen molar-refractivity contribution in [3.05, 3.63) is 29.8 Å². The third-order valence-corrected chi connectivity index (χ3v) is 2.86. The van der Waals surface area contributed by atoms with Gasteiger partial charge in [-0.15, -0.1) is 0 Å². The topological polar surface area (TPSA) is 29.5 Å². The summed E-state index contributed by atoms with van der Waals surface area (Å²) >= 11 is 3.29. The van der Waals surface area contributed by atoms with Gasteiger partial charge >= 0.3 is 6.61 Å². The van der Waals surface area contributed by atoms with Crippen molar-refractivity contribution in [3.63, 3.8) is 0 Å². The Hall–Kier alpha value is -1.17. The van der Waals surface area contributed by atoms with Gasteiger partial charge in [0, 0.05) is 24.5 Å². The molecular formula is C12H14BrF2NO2. The molecule has 1 rings (SSSR count). The summed E-state index contributed by atoms with van der Waals surface area (Å²) in [5, 5.41) is 0.825. The zero-order valence-corrected chi connectivity index (χ0v) is 11.5. The van der Waals surface area contributed by atoms with Crippen molar-refractivity contribution in [1.29, 1.82) is 0 Å². The minimum absolute atomic E-state index is 0.0460. The molecule has 0 saturated carbocycles. The van der Waals surface area contributed by atoms with Gasteiger partial charge in [0.1, 0.15) is 5.75 Å². The molecule has 0 bridgehead atoms. The summed E-state index contributed by atoms with van der Waals surface area (Å²) in [6, 6.07) is 5.67. The van der Waals surface area contributed by atoms with Crippen LogP contribution < -0.4 is 4.74 Å². The normalized spacial score (nSPS) is 10.5. The van der Waals surface area contributed by atoms with E-state index in [4.69, 9.17) is 0 Å². The summed E-state index contributed by atoms with van der Waals surface area (Å²) < 4.78 is 28.1. The lowest BCUT2D eigenvalue weighted by Crippen LogP contribution is -2.27. The van der Waals surface area contributed by atoms with Crippen LogP contribution >= 0.6 is 15.9 Å². The number of benzene rings is 1. The van der Waals surface area contributed by atoms with Crippen molar-refractivity contribution in [2.45, 2.75) is 13.0 Å². The van der Waals surface area contributed by atoms with Gasteiger partial charge in [-0.2, -0.15) is 8.78 Å². The lowest BCUT2D eigenvalue weighted by Gasteiger charge is -2.16. The SMILES string of the molecule is CN(CCCBr)C(=O)c1ccc(OC(F)F)cc1. The van der Waals surface area contributed by atoms with Crippen LogP contribution in [0.4, 0.5) is 8.78 Å². The number of hydrogen-bond acceptors (Lipinski definition) is 2. The Bertz CT molecular complexity index is 384. The smallest absolute Gasteiger partial charge is 0.387 e. The van der Waals surface area contributed by atoms with Gasteiger partial charge in [0.2, 0.25) is 0 Å². The van der Waals surface area contributed by atoms with Gasteiger partial charge in [-0.1, -0.05) is 15.9 Å². The summed E-state index contributed by atoms with van der Waals surface area (Å²) in [6.07, 6.45) is 0.856. The van der Waals surface area contributed by atoms with Gasteiger partial charge in [-0.05, 0) is 30.7 Å². The molecule has 100 valence electrons. The second-order valence-electron chi connectivity index (χ2n) is 3.67. The molecule has 0 aliphatic rings. The number of halogens is 3. The average molecular weight is 322 g/mol. The van der Waals surface area contributed by atoms with Crippen molar-refractivity contribution in [2.75, 3.05) is 18.9 Å². The summed E-state index contributed by atoms with van der Waals surface area (Å²) in [6.45, 7) is -2.22. The molecule has 0 aromatic heterocycles. The Morgan fingerprint density at radius 2 is 2.00 bits per heavy atom. The molecule has 1 amide bonds. The predicted molar refractivity (Wildman–Crippen MR) is 68.4 cm³/mol. The maximum absolute atomic E-state index is 11.9. The molecule has 0 fully saturated rings. The van der Waals surface area contributed by atoms with Crippen LogP contribution in [0.15, 0.2) is 24.3 Å². The van der Waals surface area contributed by atoms with E-state index in [0.29, 0.717) is 12.1 Å². The Kier molecular flexibility index (Phi) is 6.04. The molecule has 3 nitrogen and oxygen atoms in total. The summed E-state index contributed by atoms with van der Waals surface area (Å²) in [5.41, 5.74) is 0.452. The molecule has 0 heterocycles. The Morgan fingerprint density at radius 3 is 2.50 bits per heavy atom. The highest BCUT2D eigenvalue weighted by Gasteiger charge is 2.11. The van der Waals surface area contributed by atoms with E-state index in [1.165, 1.54) is 24.3 Å². The highest BCUT2D eigenvalue weighted by molar-refractivity contribution is 9.09. The van der Waals surface area contributed by atoms with E-state index in [2.05, 4.69) is 20.7 Å². The first-order chi connectivity index (χ1) is 8.54. The number of alkyl halides is 3. The Labute approximate surface area is 113 Å². The first-order valence-electron chi connectivity index (χ1n) is 5.41. The van der Waals surface area contributed by atoms with Gasteiger partial charge in [0.25, 0.3) is 5.91 Å². The molecular weight excluding hydrogens is 308 g/mol. The van der Waals surface area contributed by atoms with E-state index in [1.807, 2.05) is 0 Å². The van der Waals surface area contributed by atoms with Gasteiger partial charge in [-0.3, -0.25) is 4.79 Å². The van der Waals surface area contributed by atoms with Crippen LogP contribution in [-0.4, -0.2) is 36.3 Å². The third-order valence-electron chi connectivity index (χ3n) is 2.30. The van der Waals surface area contributed by atoms with Crippen LogP contribution in [0, 0.1) is 0 Å². The number of rotatable bonds is 6. The molecule has 0 radical (unpaired) electrons. The number of amides is 1. The molecule has 0 saturated heterocycles. The third kappa shape index (κ3) is 4.60. The lowest BCUT2D eigenvalue weighted by atomic mass is 10.2. The van der Waals surface area contributed by atoms with Crippen molar-refractivity contribution in [3.8, 4) is 5.75 Å². The Balaban J connectivity index is 2.63. The number of carbonyl (C=O) groups is 1. The van der Waals surface area contributed by atoms with Gasteiger partial charge in [-0.25, -0.2) is 0 Å². The first-order valence-corrected chi connectivity index (χ1v) is 6.53. The van der Waals surface area contributed by atoms with Crippen LogP contribution in [0.5, 0.6) is 5.75 Å². The number of carbonyl (C=O) groups excluding carboxylic acids is 1. The molecule has 0 aliphatic heterocycles. The van der Waals surface area contributed by atoms with E-state index in [0.717, 1.165) is 11.8 Å². The fraction of sp³-hybridized carbons (Fsp3) is 0.417. The van der Waals surface area contributed by atoms with Crippen molar-refractivity contribution in [1.82, 2.24) is 4.90 Å². The second kappa shape index (κ2) is 7.31. The first kappa shape index (κ1) is 14.9. The molecule has 6 heteroatoms. The van der Waals surface area contributed by atoms with Gasteiger partial charge in [0.05, 0.1) is 0 Å². The zero-order chi connectivity index (χ0) is 13.5. The van der Waals surface area contributed by atoms with Crippen LogP contribution in [-0.2, 0) is 0 Å². The second-order valence-corrected chi connectivity index (χ2v) is 4.47. The van der Waals surface area contributed by atoms with Crippen LogP contribution in [0.3, 0.4) is 0 Å². The lowest BCUT2D eigenvalue weighted by molar-refractivity contribution is -0.0498. The fourth-order valence-corrected chi connectivity index (χ4v) is 1.65. The largest absolute Gasteiger partial charge is 0.435 e. The summed E-state index contributed by atoms with van der Waals surface area (Å²) in [7, 11) is 1.70. The maximum atomic E-state index is 11.9. The molecule has 0 atom stereocenters. The zero-order valence-electron chi connectivity index (χ0n) is 9.91. The number of hydrogen-bond donors (Lipinski definition) is 0. The molecule has 0 spiro atoms. The molecule has 18 heavy (non-hydrogen) atoms. The standard InChI is InChI=1S/C12H14BrF2NO2/c1-16(8-2-7-13)11(17)9-3-5-10(6-4-9)18-12(14)15/h3-6,12H,2,7-8H2,1H3. The summed E-state index contributed by atoms with van der Waals surface area (Å²) in [4.78, 5) is 13.5. The van der Waals surface area contributed by atoms with Crippen molar-refractivity contribution < 1.29 is 18.3 Å². The monoisotopic (exact) mass is 321 g/mol. The minimum atomic E-state index is -2.85. The molecule has 1 aromatic rings.